The van der Waals surface area contributed by atoms with E-state index in [9.17, 15) is 13.2 Å². The summed E-state index contributed by atoms with van der Waals surface area (Å²) in [4.78, 5) is 16.3. The van der Waals surface area contributed by atoms with Crippen LogP contribution in [0.2, 0.25) is 0 Å². The number of benzene rings is 3. The smallest absolute Gasteiger partial charge is 0.243 e. The average molecular weight is 452 g/mol. The van der Waals surface area contributed by atoms with Gasteiger partial charge in [0.15, 0.2) is 16.8 Å². The molecule has 2 aliphatic heterocycles. The van der Waals surface area contributed by atoms with Gasteiger partial charge in [0, 0.05) is 25.2 Å². The Morgan fingerprint density at radius 1 is 0.969 bits per heavy atom. The number of rotatable bonds is 5. The summed E-state index contributed by atoms with van der Waals surface area (Å²) in [6, 6.07) is 16.4. The Morgan fingerprint density at radius 2 is 1.75 bits per heavy atom. The van der Waals surface area contributed by atoms with Gasteiger partial charge in [-0.15, -0.1) is 0 Å². The molecule has 3 aliphatic rings. The van der Waals surface area contributed by atoms with Crippen molar-refractivity contribution in [1.29, 1.82) is 0 Å². The topological polar surface area (TPSA) is 98.9 Å². The molecule has 1 saturated heterocycles. The fourth-order valence-corrected chi connectivity index (χ4v) is 4.94. The van der Waals surface area contributed by atoms with Gasteiger partial charge < -0.3 is 13.9 Å². The first kappa shape index (κ1) is 20.6. The zero-order valence-corrected chi connectivity index (χ0v) is 17.9. The average Bonchev–Trinajstić information content (AvgIpc) is 2.82. The third-order valence-electron chi connectivity index (χ3n) is 5.26. The molecule has 0 spiro atoms. The maximum atomic E-state index is 12.7. The molecule has 0 radical (unpaired) electrons. The normalized spacial score (nSPS) is 15.2. The number of morpholine rings is 1. The van der Waals surface area contributed by atoms with E-state index in [1.54, 1.807) is 48.5 Å². The van der Waals surface area contributed by atoms with Gasteiger partial charge in [-0.3, -0.25) is 4.79 Å². The monoisotopic (exact) mass is 452 g/mol. The van der Waals surface area contributed by atoms with Crippen molar-refractivity contribution in [2.45, 2.75) is 11.5 Å². The molecule has 0 amide bonds. The highest BCUT2D eigenvalue weighted by Gasteiger charge is 2.26. The van der Waals surface area contributed by atoms with Crippen molar-refractivity contribution >= 4 is 21.1 Å². The minimum Gasteiger partial charge on any atom is -0.489 e. The highest BCUT2D eigenvalue weighted by atomic mass is 32.2. The Balaban J connectivity index is 1.31. The Labute approximate surface area is 184 Å². The van der Waals surface area contributed by atoms with E-state index in [0.29, 0.717) is 54.6 Å². The molecule has 2 aromatic carbocycles. The van der Waals surface area contributed by atoms with E-state index in [0.717, 1.165) is 5.56 Å². The number of hydrogen-bond donors (Lipinski definition) is 0. The lowest BCUT2D eigenvalue weighted by atomic mass is 10.2. The Hall–Kier alpha value is -3.27. The predicted molar refractivity (Wildman–Crippen MR) is 117 cm³/mol. The molecule has 1 aliphatic carbocycles. The summed E-state index contributed by atoms with van der Waals surface area (Å²) in [6.45, 7) is 1.80. The molecule has 0 N–H and O–H groups in total. The van der Waals surface area contributed by atoms with E-state index in [1.165, 1.54) is 16.4 Å². The Morgan fingerprint density at radius 3 is 2.53 bits per heavy atom. The highest BCUT2D eigenvalue weighted by molar-refractivity contribution is 7.89. The second-order valence-corrected chi connectivity index (χ2v) is 9.36. The number of ether oxygens (including phenoxy) is 2. The zero-order valence-electron chi connectivity index (χ0n) is 17.1. The zero-order chi connectivity index (χ0) is 22.1. The van der Waals surface area contributed by atoms with Crippen molar-refractivity contribution in [3.8, 4) is 17.2 Å². The van der Waals surface area contributed by atoms with E-state index in [1.807, 2.05) is 0 Å². The summed E-state index contributed by atoms with van der Waals surface area (Å²) in [5.41, 5.74) is 2.45. The summed E-state index contributed by atoms with van der Waals surface area (Å²) in [7, 11) is -3.52. The third kappa shape index (κ3) is 4.10. The largest absolute Gasteiger partial charge is 0.489 e. The van der Waals surface area contributed by atoms with Crippen molar-refractivity contribution in [2.24, 2.45) is 0 Å². The van der Waals surface area contributed by atoms with Gasteiger partial charge in [-0.05, 0) is 42.0 Å². The van der Waals surface area contributed by atoms with Crippen molar-refractivity contribution in [3.63, 3.8) is 0 Å². The first-order valence-corrected chi connectivity index (χ1v) is 11.6. The SMILES string of the molecule is O=c1ccc2nc3ccc(OCc4ccc(S(=O)(=O)N5CCOCC5)cc4)cc3oc-2c1. The fourth-order valence-electron chi connectivity index (χ4n) is 3.54. The Kier molecular flexibility index (Phi) is 5.38. The minimum absolute atomic E-state index is 0.145. The molecule has 0 bridgehead atoms. The fraction of sp³-hybridized carbons (Fsp3) is 0.217. The van der Waals surface area contributed by atoms with Crippen LogP contribution in [0.15, 0.2) is 74.8 Å². The molecule has 0 aromatic heterocycles. The number of nitrogens with zero attached hydrogens (tertiary/aromatic N) is 2. The maximum Gasteiger partial charge on any atom is 0.243 e. The third-order valence-corrected chi connectivity index (χ3v) is 7.17. The number of hydrogen-bond acceptors (Lipinski definition) is 7. The molecule has 0 saturated carbocycles. The van der Waals surface area contributed by atoms with Crippen LogP contribution in [0.5, 0.6) is 5.75 Å². The molecule has 5 rings (SSSR count). The Bertz CT molecular complexity index is 1390. The summed E-state index contributed by atoms with van der Waals surface area (Å²) in [6.07, 6.45) is 0. The lowest BCUT2D eigenvalue weighted by Crippen LogP contribution is -2.40. The van der Waals surface area contributed by atoms with Crippen LogP contribution in [0, 0.1) is 0 Å². The first-order chi connectivity index (χ1) is 15.5. The van der Waals surface area contributed by atoms with Crippen LogP contribution in [0.1, 0.15) is 5.56 Å². The lowest BCUT2D eigenvalue weighted by Gasteiger charge is -2.26. The second kappa shape index (κ2) is 8.34. The number of fused-ring (bicyclic) bond motifs is 2. The molecule has 0 atom stereocenters. The summed E-state index contributed by atoms with van der Waals surface area (Å²) in [5, 5.41) is 0. The van der Waals surface area contributed by atoms with Gasteiger partial charge in [-0.25, -0.2) is 13.4 Å². The van der Waals surface area contributed by atoms with Gasteiger partial charge >= 0.3 is 0 Å². The first-order valence-electron chi connectivity index (χ1n) is 10.1. The lowest BCUT2D eigenvalue weighted by molar-refractivity contribution is 0.0730. The molecule has 0 unspecified atom stereocenters. The van der Waals surface area contributed by atoms with Crippen LogP contribution >= 0.6 is 0 Å². The molecule has 2 heterocycles. The van der Waals surface area contributed by atoms with Gasteiger partial charge in [-0.1, -0.05) is 12.1 Å². The molecule has 1 fully saturated rings. The van der Waals surface area contributed by atoms with Crippen LogP contribution in [0.25, 0.3) is 22.6 Å². The van der Waals surface area contributed by atoms with Gasteiger partial charge in [0.05, 0.1) is 18.1 Å². The molecule has 2 aromatic rings. The van der Waals surface area contributed by atoms with E-state index in [2.05, 4.69) is 4.98 Å². The van der Waals surface area contributed by atoms with E-state index >= 15 is 0 Å². The summed E-state index contributed by atoms with van der Waals surface area (Å²) < 4.78 is 43.8. The minimum atomic E-state index is -3.52. The van der Waals surface area contributed by atoms with Crippen LogP contribution in [-0.4, -0.2) is 44.0 Å². The van der Waals surface area contributed by atoms with E-state index in [-0.39, 0.29) is 16.9 Å². The van der Waals surface area contributed by atoms with Crippen molar-refractivity contribution in [1.82, 2.24) is 9.29 Å². The summed E-state index contributed by atoms with van der Waals surface area (Å²) >= 11 is 0. The molecular formula is C23H20N2O6S. The molecule has 32 heavy (non-hydrogen) atoms. The second-order valence-electron chi connectivity index (χ2n) is 7.42. The number of aromatic nitrogens is 1. The molecular weight excluding hydrogens is 432 g/mol. The maximum absolute atomic E-state index is 12.7. The van der Waals surface area contributed by atoms with Gasteiger partial charge in [-0.2, -0.15) is 4.31 Å². The van der Waals surface area contributed by atoms with Crippen LogP contribution < -0.4 is 10.2 Å². The molecule has 8 nitrogen and oxygen atoms in total. The van der Waals surface area contributed by atoms with Gasteiger partial charge in [0.1, 0.15) is 23.6 Å². The van der Waals surface area contributed by atoms with E-state index < -0.39 is 10.0 Å². The van der Waals surface area contributed by atoms with Crippen molar-refractivity contribution < 1.29 is 22.3 Å². The molecule has 164 valence electrons. The molecule has 9 heteroatoms. The summed E-state index contributed by atoms with van der Waals surface area (Å²) in [5.74, 6) is 0.991. The quantitative estimate of drug-likeness (QED) is 0.429. The standard InChI is InChI=1S/C23H20N2O6S/c26-17-3-7-20-22(13-17)31-23-14-18(4-8-21(23)24-20)30-15-16-1-5-19(6-2-16)32(27,28)25-9-11-29-12-10-25/h1-8,13-14H,9-12,15H2. The van der Waals surface area contributed by atoms with Crippen LogP contribution in [-0.2, 0) is 21.4 Å². The van der Waals surface area contributed by atoms with Crippen molar-refractivity contribution in [2.75, 3.05) is 26.3 Å². The van der Waals surface area contributed by atoms with Crippen molar-refractivity contribution in [3.05, 3.63) is 76.5 Å². The van der Waals surface area contributed by atoms with E-state index in [4.69, 9.17) is 13.9 Å². The van der Waals surface area contributed by atoms with Gasteiger partial charge in [0.2, 0.25) is 10.0 Å². The van der Waals surface area contributed by atoms with Crippen LogP contribution in [0.3, 0.4) is 0 Å². The number of sulfonamides is 1. The van der Waals surface area contributed by atoms with Crippen LogP contribution in [0.4, 0.5) is 0 Å². The highest BCUT2D eigenvalue weighted by Crippen LogP contribution is 2.27. The van der Waals surface area contributed by atoms with Gasteiger partial charge in [0.25, 0.3) is 0 Å². The predicted octanol–water partition coefficient (Wildman–Crippen LogP) is 2.89.